The van der Waals surface area contributed by atoms with Crippen LogP contribution in [0.5, 0.6) is 0 Å². The average molecular weight is 199 g/mol. The molecular weight excluding hydrogens is 174 g/mol. The van der Waals surface area contributed by atoms with E-state index in [1.807, 2.05) is 13.8 Å². The second-order valence-electron chi connectivity index (χ2n) is 4.36. The van der Waals surface area contributed by atoms with Gasteiger partial charge in [0.2, 0.25) is 0 Å². The maximum atomic E-state index is 5.47. The van der Waals surface area contributed by atoms with E-state index in [9.17, 15) is 0 Å². The molecule has 2 heteroatoms. The topological polar surface area (TPSA) is 12.5 Å². The van der Waals surface area contributed by atoms with Crippen LogP contribution >= 0.6 is 0 Å². The molecule has 0 amide bonds. The predicted molar refractivity (Wildman–Crippen MR) is 60.5 cm³/mol. The van der Waals surface area contributed by atoms with Crippen molar-refractivity contribution in [2.45, 2.75) is 52.6 Å². The van der Waals surface area contributed by atoms with Crippen LogP contribution < -0.4 is 0 Å². The van der Waals surface area contributed by atoms with Gasteiger partial charge in [0.25, 0.3) is 0 Å². The number of rotatable bonds is 1. The van der Waals surface area contributed by atoms with Crippen molar-refractivity contribution in [2.75, 3.05) is 19.8 Å². The zero-order valence-electron chi connectivity index (χ0n) is 10.1. The van der Waals surface area contributed by atoms with E-state index in [1.54, 1.807) is 0 Å². The molecule has 0 aromatic heterocycles. The van der Waals surface area contributed by atoms with E-state index in [0.717, 1.165) is 37.8 Å². The third-order valence-corrected chi connectivity index (χ3v) is 3.26. The summed E-state index contributed by atoms with van der Waals surface area (Å²) in [6, 6.07) is 1.57. The van der Waals surface area contributed by atoms with Crippen LogP contribution in [0.15, 0.2) is 0 Å². The fraction of sp³-hybridized carbons (Fsp3) is 1.00. The van der Waals surface area contributed by atoms with E-state index < -0.39 is 0 Å². The highest BCUT2D eigenvalue weighted by molar-refractivity contribution is 4.90. The van der Waals surface area contributed by atoms with Crippen LogP contribution in [0.2, 0.25) is 0 Å². The van der Waals surface area contributed by atoms with Gasteiger partial charge in [0.05, 0.1) is 13.2 Å². The summed E-state index contributed by atoms with van der Waals surface area (Å²) in [4.78, 5) is 2.66. The number of ether oxygens (including phenoxy) is 1. The molecular formula is C12H25NO. The second-order valence-corrected chi connectivity index (χ2v) is 4.36. The normalized spacial score (nSPS) is 32.4. The Bertz CT molecular complexity index is 158. The summed E-state index contributed by atoms with van der Waals surface area (Å²) in [7, 11) is 0. The van der Waals surface area contributed by atoms with Crippen LogP contribution in [0.4, 0.5) is 0 Å². The molecule has 0 N–H and O–H groups in total. The summed E-state index contributed by atoms with van der Waals surface area (Å²) in [5.41, 5.74) is 0. The lowest BCUT2D eigenvalue weighted by Gasteiger charge is -2.35. The molecule has 2 heterocycles. The fourth-order valence-corrected chi connectivity index (χ4v) is 2.60. The van der Waals surface area contributed by atoms with Crippen LogP contribution in [-0.4, -0.2) is 36.7 Å². The molecule has 0 aromatic carbocycles. The SMILES string of the molecule is CC.CC(C)C1CCC2COCCN21. The third-order valence-electron chi connectivity index (χ3n) is 3.26. The van der Waals surface area contributed by atoms with Gasteiger partial charge in [-0.2, -0.15) is 0 Å². The number of hydrogen-bond donors (Lipinski definition) is 0. The zero-order chi connectivity index (χ0) is 10.6. The van der Waals surface area contributed by atoms with E-state index in [-0.39, 0.29) is 0 Å². The molecule has 0 bridgehead atoms. The molecule has 0 saturated carbocycles. The maximum absolute atomic E-state index is 5.47. The first-order valence-electron chi connectivity index (χ1n) is 6.12. The number of fused-ring (bicyclic) bond motifs is 1. The summed E-state index contributed by atoms with van der Waals surface area (Å²) in [6.45, 7) is 11.8. The molecule has 2 atom stereocenters. The van der Waals surface area contributed by atoms with Crippen molar-refractivity contribution in [3.05, 3.63) is 0 Å². The first-order chi connectivity index (χ1) is 6.79. The Morgan fingerprint density at radius 3 is 2.57 bits per heavy atom. The second kappa shape index (κ2) is 5.72. The molecule has 0 aromatic rings. The predicted octanol–water partition coefficient (Wildman–Crippen LogP) is 2.53. The molecule has 2 saturated heterocycles. The summed E-state index contributed by atoms with van der Waals surface area (Å²) in [6.07, 6.45) is 2.73. The van der Waals surface area contributed by atoms with Crippen LogP contribution in [0.25, 0.3) is 0 Å². The van der Waals surface area contributed by atoms with Crippen molar-refractivity contribution in [1.29, 1.82) is 0 Å². The molecule has 0 radical (unpaired) electrons. The molecule has 2 rings (SSSR count). The van der Waals surface area contributed by atoms with E-state index >= 15 is 0 Å². The standard InChI is InChI=1S/C10H19NO.C2H6/c1-8(2)10-4-3-9-7-12-6-5-11(9)10;1-2/h8-10H,3-7H2,1-2H3;1-2H3. The lowest BCUT2D eigenvalue weighted by Crippen LogP contribution is -2.46. The number of hydrogen-bond acceptors (Lipinski definition) is 2. The van der Waals surface area contributed by atoms with Gasteiger partial charge in [-0.15, -0.1) is 0 Å². The lowest BCUT2D eigenvalue weighted by atomic mass is 10.0. The molecule has 14 heavy (non-hydrogen) atoms. The van der Waals surface area contributed by atoms with Gasteiger partial charge in [0.1, 0.15) is 0 Å². The van der Waals surface area contributed by atoms with Gasteiger partial charge in [0.15, 0.2) is 0 Å². The lowest BCUT2D eigenvalue weighted by molar-refractivity contribution is -0.00968. The largest absolute Gasteiger partial charge is 0.378 e. The van der Waals surface area contributed by atoms with E-state index in [2.05, 4.69) is 18.7 Å². The Morgan fingerprint density at radius 2 is 1.93 bits per heavy atom. The Morgan fingerprint density at radius 1 is 1.21 bits per heavy atom. The molecule has 2 fully saturated rings. The quantitative estimate of drug-likeness (QED) is 0.643. The maximum Gasteiger partial charge on any atom is 0.0622 e. The summed E-state index contributed by atoms with van der Waals surface area (Å²) >= 11 is 0. The van der Waals surface area contributed by atoms with Crippen molar-refractivity contribution >= 4 is 0 Å². The highest BCUT2D eigenvalue weighted by Crippen LogP contribution is 2.30. The molecule has 2 nitrogen and oxygen atoms in total. The highest BCUT2D eigenvalue weighted by Gasteiger charge is 2.36. The van der Waals surface area contributed by atoms with Gasteiger partial charge >= 0.3 is 0 Å². The van der Waals surface area contributed by atoms with Crippen LogP contribution in [-0.2, 0) is 4.74 Å². The minimum Gasteiger partial charge on any atom is -0.378 e. The van der Waals surface area contributed by atoms with Crippen LogP contribution in [0.3, 0.4) is 0 Å². The number of morpholine rings is 1. The third kappa shape index (κ3) is 2.48. The minimum atomic E-state index is 0.742. The van der Waals surface area contributed by atoms with Gasteiger partial charge < -0.3 is 4.74 Å². The van der Waals surface area contributed by atoms with Crippen LogP contribution in [0.1, 0.15) is 40.5 Å². The van der Waals surface area contributed by atoms with Gasteiger partial charge in [-0.25, -0.2) is 0 Å². The summed E-state index contributed by atoms with van der Waals surface area (Å²) in [5.74, 6) is 0.813. The molecule has 2 aliphatic rings. The van der Waals surface area contributed by atoms with Gasteiger partial charge in [-0.1, -0.05) is 27.7 Å². The van der Waals surface area contributed by atoms with Gasteiger partial charge in [-0.05, 0) is 18.8 Å². The summed E-state index contributed by atoms with van der Waals surface area (Å²) in [5, 5.41) is 0. The monoisotopic (exact) mass is 199 g/mol. The first kappa shape index (κ1) is 12.0. The van der Waals surface area contributed by atoms with Crippen molar-refractivity contribution < 1.29 is 4.74 Å². The Labute approximate surface area is 88.6 Å². The van der Waals surface area contributed by atoms with Crippen molar-refractivity contribution in [2.24, 2.45) is 5.92 Å². The molecule has 0 spiro atoms. The zero-order valence-corrected chi connectivity index (χ0v) is 10.1. The first-order valence-corrected chi connectivity index (χ1v) is 6.12. The van der Waals surface area contributed by atoms with Gasteiger partial charge in [0, 0.05) is 18.6 Å². The van der Waals surface area contributed by atoms with Gasteiger partial charge in [-0.3, -0.25) is 4.90 Å². The van der Waals surface area contributed by atoms with Crippen LogP contribution in [0, 0.1) is 5.92 Å². The molecule has 2 aliphatic heterocycles. The Balaban J connectivity index is 0.000000461. The molecule has 2 unspecified atom stereocenters. The minimum absolute atomic E-state index is 0.742. The van der Waals surface area contributed by atoms with E-state index in [1.165, 1.54) is 12.8 Å². The molecule has 84 valence electrons. The smallest absolute Gasteiger partial charge is 0.0622 e. The van der Waals surface area contributed by atoms with Crippen molar-refractivity contribution in [3.63, 3.8) is 0 Å². The van der Waals surface area contributed by atoms with E-state index in [4.69, 9.17) is 4.74 Å². The highest BCUT2D eigenvalue weighted by atomic mass is 16.5. The molecule has 0 aliphatic carbocycles. The number of nitrogens with zero attached hydrogens (tertiary/aromatic N) is 1. The van der Waals surface area contributed by atoms with Crippen molar-refractivity contribution in [1.82, 2.24) is 4.90 Å². The van der Waals surface area contributed by atoms with Crippen molar-refractivity contribution in [3.8, 4) is 0 Å². The summed E-state index contributed by atoms with van der Waals surface area (Å²) < 4.78 is 5.47. The Hall–Kier alpha value is -0.0800. The fourth-order valence-electron chi connectivity index (χ4n) is 2.60. The van der Waals surface area contributed by atoms with E-state index in [0.29, 0.717) is 0 Å². The Kier molecular flexibility index (Phi) is 4.90. The average Bonchev–Trinajstić information content (AvgIpc) is 2.64.